The number of nitrogens with zero attached hydrogens (tertiary/aromatic N) is 1. The van der Waals surface area contributed by atoms with Gasteiger partial charge in [0.15, 0.2) is 0 Å². The maximum atomic E-state index is 5.78. The molecule has 0 radical (unpaired) electrons. The molecule has 2 fully saturated rings. The first-order valence-electron chi connectivity index (χ1n) is 5.29. The molecule has 2 aliphatic rings. The molecule has 1 N–H and O–H groups in total. The Morgan fingerprint density at radius 2 is 2.21 bits per heavy atom. The van der Waals surface area contributed by atoms with Crippen molar-refractivity contribution in [1.29, 1.82) is 0 Å². The normalized spacial score (nSPS) is 39.4. The third kappa shape index (κ3) is 2.83. The quantitative estimate of drug-likeness (QED) is 0.712. The molecule has 2 heterocycles. The van der Waals surface area contributed by atoms with Crippen molar-refractivity contribution in [2.45, 2.75) is 19.6 Å². The average Bonchev–Trinajstić information content (AvgIpc) is 2.53. The molecule has 2 rings (SSSR count). The van der Waals surface area contributed by atoms with Gasteiger partial charge in [-0.1, -0.05) is 6.92 Å². The summed E-state index contributed by atoms with van der Waals surface area (Å²) < 4.78 is 5.78. The third-order valence-electron chi connectivity index (χ3n) is 3.08. The number of nitrogens with one attached hydrogen (secondary N) is 1. The van der Waals surface area contributed by atoms with Gasteiger partial charge in [0.05, 0.1) is 6.61 Å². The molecule has 84 valence electrons. The van der Waals surface area contributed by atoms with Gasteiger partial charge in [-0.05, 0) is 25.9 Å². The SMILES string of the molecule is CC1CNC(C2CCN(C)C2)OC1.Cl. The zero-order valence-corrected chi connectivity index (χ0v) is 9.85. The lowest BCUT2D eigenvalue weighted by atomic mass is 10.0. The van der Waals surface area contributed by atoms with Crippen LogP contribution in [-0.4, -0.2) is 44.4 Å². The predicted molar refractivity (Wildman–Crippen MR) is 59.8 cm³/mol. The van der Waals surface area contributed by atoms with Gasteiger partial charge in [-0.15, -0.1) is 12.4 Å². The van der Waals surface area contributed by atoms with Crippen molar-refractivity contribution >= 4 is 12.4 Å². The zero-order chi connectivity index (χ0) is 9.26. The summed E-state index contributed by atoms with van der Waals surface area (Å²) in [6.45, 7) is 6.68. The van der Waals surface area contributed by atoms with Gasteiger partial charge in [0.25, 0.3) is 0 Å². The highest BCUT2D eigenvalue weighted by atomic mass is 35.5. The highest BCUT2D eigenvalue weighted by Crippen LogP contribution is 2.21. The second kappa shape index (κ2) is 5.31. The van der Waals surface area contributed by atoms with Crippen LogP contribution in [0.3, 0.4) is 0 Å². The molecule has 0 aromatic heterocycles. The van der Waals surface area contributed by atoms with Crippen LogP contribution in [0.15, 0.2) is 0 Å². The smallest absolute Gasteiger partial charge is 0.112 e. The molecule has 0 aliphatic carbocycles. The van der Waals surface area contributed by atoms with E-state index < -0.39 is 0 Å². The van der Waals surface area contributed by atoms with Gasteiger partial charge in [0.1, 0.15) is 6.23 Å². The van der Waals surface area contributed by atoms with Gasteiger partial charge in [0.2, 0.25) is 0 Å². The van der Waals surface area contributed by atoms with E-state index in [2.05, 4.69) is 24.2 Å². The lowest BCUT2D eigenvalue weighted by molar-refractivity contribution is -0.0535. The summed E-state index contributed by atoms with van der Waals surface area (Å²) in [5, 5.41) is 3.48. The van der Waals surface area contributed by atoms with Crippen LogP contribution in [0.1, 0.15) is 13.3 Å². The number of ether oxygens (including phenoxy) is 1. The van der Waals surface area contributed by atoms with Crippen molar-refractivity contribution in [3.8, 4) is 0 Å². The number of halogens is 1. The molecule has 0 spiro atoms. The van der Waals surface area contributed by atoms with E-state index in [0.717, 1.165) is 13.2 Å². The Hall–Kier alpha value is 0.170. The van der Waals surface area contributed by atoms with E-state index in [1.165, 1.54) is 19.5 Å². The van der Waals surface area contributed by atoms with Crippen LogP contribution >= 0.6 is 12.4 Å². The molecular formula is C10H21ClN2O. The van der Waals surface area contributed by atoms with E-state index in [1.807, 2.05) is 0 Å². The Morgan fingerprint density at radius 1 is 1.43 bits per heavy atom. The first-order valence-corrected chi connectivity index (χ1v) is 5.29. The fourth-order valence-corrected chi connectivity index (χ4v) is 2.22. The fraction of sp³-hybridized carbons (Fsp3) is 1.00. The van der Waals surface area contributed by atoms with E-state index in [9.17, 15) is 0 Å². The highest BCUT2D eigenvalue weighted by Gasteiger charge is 2.30. The van der Waals surface area contributed by atoms with E-state index in [0.29, 0.717) is 18.1 Å². The standard InChI is InChI=1S/C10H20N2O.ClH/c1-8-5-11-10(13-7-8)9-3-4-12(2)6-9;/h8-11H,3-7H2,1-2H3;1H. The summed E-state index contributed by atoms with van der Waals surface area (Å²) in [4.78, 5) is 2.38. The van der Waals surface area contributed by atoms with Gasteiger partial charge < -0.3 is 9.64 Å². The van der Waals surface area contributed by atoms with Gasteiger partial charge >= 0.3 is 0 Å². The molecule has 3 nitrogen and oxygen atoms in total. The van der Waals surface area contributed by atoms with Gasteiger partial charge in [-0.25, -0.2) is 0 Å². The van der Waals surface area contributed by atoms with Crippen LogP contribution in [0.5, 0.6) is 0 Å². The van der Waals surface area contributed by atoms with E-state index >= 15 is 0 Å². The second-order valence-electron chi connectivity index (χ2n) is 4.58. The van der Waals surface area contributed by atoms with Crippen molar-refractivity contribution in [1.82, 2.24) is 10.2 Å². The van der Waals surface area contributed by atoms with Crippen LogP contribution in [0.4, 0.5) is 0 Å². The van der Waals surface area contributed by atoms with Crippen LogP contribution in [0.2, 0.25) is 0 Å². The minimum Gasteiger partial charge on any atom is -0.363 e. The van der Waals surface area contributed by atoms with Gasteiger partial charge in [-0.3, -0.25) is 5.32 Å². The highest BCUT2D eigenvalue weighted by molar-refractivity contribution is 5.85. The minimum absolute atomic E-state index is 0. The van der Waals surface area contributed by atoms with Crippen molar-refractivity contribution in [3.05, 3.63) is 0 Å². The minimum atomic E-state index is 0. The Kier molecular flexibility index (Phi) is 4.64. The molecule has 3 unspecified atom stereocenters. The Bertz CT molecular complexity index is 172. The van der Waals surface area contributed by atoms with E-state index in [1.54, 1.807) is 0 Å². The fourth-order valence-electron chi connectivity index (χ4n) is 2.22. The maximum Gasteiger partial charge on any atom is 0.112 e. The predicted octanol–water partition coefficient (Wildman–Crippen LogP) is 0.942. The number of rotatable bonds is 1. The van der Waals surface area contributed by atoms with Crippen molar-refractivity contribution < 1.29 is 4.74 Å². The molecule has 0 amide bonds. The molecule has 2 aliphatic heterocycles. The van der Waals surface area contributed by atoms with Crippen LogP contribution in [0, 0.1) is 11.8 Å². The number of hydrogen-bond acceptors (Lipinski definition) is 3. The summed E-state index contributed by atoms with van der Waals surface area (Å²) in [7, 11) is 2.19. The van der Waals surface area contributed by atoms with Gasteiger partial charge in [-0.2, -0.15) is 0 Å². The van der Waals surface area contributed by atoms with Crippen LogP contribution in [0.25, 0.3) is 0 Å². The topological polar surface area (TPSA) is 24.5 Å². The Labute approximate surface area is 92.6 Å². The monoisotopic (exact) mass is 220 g/mol. The first-order chi connectivity index (χ1) is 6.25. The molecular weight excluding hydrogens is 200 g/mol. The molecule has 4 heteroatoms. The Balaban J connectivity index is 0.000000980. The third-order valence-corrected chi connectivity index (χ3v) is 3.08. The Morgan fingerprint density at radius 3 is 2.71 bits per heavy atom. The maximum absolute atomic E-state index is 5.78. The molecule has 0 aromatic rings. The molecule has 0 bridgehead atoms. The van der Waals surface area contributed by atoms with E-state index in [-0.39, 0.29) is 12.4 Å². The van der Waals surface area contributed by atoms with Crippen LogP contribution in [-0.2, 0) is 4.74 Å². The summed E-state index contributed by atoms with van der Waals surface area (Å²) in [5.41, 5.74) is 0. The average molecular weight is 221 g/mol. The molecule has 2 saturated heterocycles. The molecule has 0 saturated carbocycles. The lowest BCUT2D eigenvalue weighted by Gasteiger charge is -2.32. The van der Waals surface area contributed by atoms with Crippen molar-refractivity contribution in [2.24, 2.45) is 11.8 Å². The molecule has 3 atom stereocenters. The summed E-state index contributed by atoms with van der Waals surface area (Å²) in [6, 6.07) is 0. The zero-order valence-electron chi connectivity index (χ0n) is 9.03. The summed E-state index contributed by atoms with van der Waals surface area (Å²) in [6.07, 6.45) is 1.60. The summed E-state index contributed by atoms with van der Waals surface area (Å²) >= 11 is 0. The number of likely N-dealkylation sites (tertiary alicyclic amines) is 1. The first kappa shape index (κ1) is 12.2. The van der Waals surface area contributed by atoms with E-state index in [4.69, 9.17) is 4.74 Å². The largest absolute Gasteiger partial charge is 0.363 e. The van der Waals surface area contributed by atoms with Gasteiger partial charge in [0, 0.05) is 19.0 Å². The lowest BCUT2D eigenvalue weighted by Crippen LogP contribution is -2.47. The van der Waals surface area contributed by atoms with Crippen molar-refractivity contribution in [3.63, 3.8) is 0 Å². The second-order valence-corrected chi connectivity index (χ2v) is 4.58. The van der Waals surface area contributed by atoms with Crippen molar-refractivity contribution in [2.75, 3.05) is 33.3 Å². The summed E-state index contributed by atoms with van der Waals surface area (Å²) in [5.74, 6) is 1.38. The molecule has 14 heavy (non-hydrogen) atoms. The molecule has 0 aromatic carbocycles. The van der Waals surface area contributed by atoms with Crippen LogP contribution < -0.4 is 5.32 Å². The number of hydrogen-bond donors (Lipinski definition) is 1.